The van der Waals surface area contributed by atoms with E-state index in [2.05, 4.69) is 37.5 Å². The van der Waals surface area contributed by atoms with Gasteiger partial charge in [0.2, 0.25) is 5.89 Å². The highest BCUT2D eigenvalue weighted by Crippen LogP contribution is 2.15. The molecule has 16 heavy (non-hydrogen) atoms. The zero-order chi connectivity index (χ0) is 11.4. The van der Waals surface area contributed by atoms with Crippen LogP contribution in [0.2, 0.25) is 0 Å². The maximum atomic E-state index is 5.00. The smallest absolute Gasteiger partial charge is 0.240 e. The SMILES string of the molecule is Cc1noc(CNCc2ccccc2Br)n1. The van der Waals surface area contributed by atoms with E-state index in [1.54, 1.807) is 6.92 Å². The molecule has 1 aromatic heterocycles. The number of nitrogens with zero attached hydrogens (tertiary/aromatic N) is 2. The van der Waals surface area contributed by atoms with Gasteiger partial charge in [-0.1, -0.05) is 39.3 Å². The summed E-state index contributed by atoms with van der Waals surface area (Å²) in [6, 6.07) is 8.09. The third-order valence-corrected chi connectivity index (χ3v) is 2.89. The highest BCUT2D eigenvalue weighted by Gasteiger charge is 2.02. The summed E-state index contributed by atoms with van der Waals surface area (Å²) in [5, 5.41) is 6.97. The van der Waals surface area contributed by atoms with Crippen LogP contribution in [0.3, 0.4) is 0 Å². The molecule has 1 heterocycles. The van der Waals surface area contributed by atoms with Gasteiger partial charge in [0.1, 0.15) is 0 Å². The summed E-state index contributed by atoms with van der Waals surface area (Å²) in [5.41, 5.74) is 1.21. The first-order valence-corrected chi connectivity index (χ1v) is 5.78. The van der Waals surface area contributed by atoms with Gasteiger partial charge in [-0.25, -0.2) is 0 Å². The second-order valence-electron chi connectivity index (χ2n) is 3.43. The van der Waals surface area contributed by atoms with E-state index in [1.165, 1.54) is 5.56 Å². The van der Waals surface area contributed by atoms with Gasteiger partial charge in [0, 0.05) is 11.0 Å². The Morgan fingerprint density at radius 1 is 1.31 bits per heavy atom. The van der Waals surface area contributed by atoms with Crippen molar-refractivity contribution in [3.05, 3.63) is 46.0 Å². The number of nitrogens with one attached hydrogen (secondary N) is 1. The van der Waals surface area contributed by atoms with Crippen LogP contribution in [0.25, 0.3) is 0 Å². The second-order valence-corrected chi connectivity index (χ2v) is 4.28. The first-order valence-electron chi connectivity index (χ1n) is 4.99. The zero-order valence-electron chi connectivity index (χ0n) is 8.90. The standard InChI is InChI=1S/C11H12BrN3O/c1-8-14-11(16-15-8)7-13-6-9-4-2-3-5-10(9)12/h2-5,13H,6-7H2,1H3. The monoisotopic (exact) mass is 281 g/mol. The maximum Gasteiger partial charge on any atom is 0.240 e. The van der Waals surface area contributed by atoms with Crippen LogP contribution in [0.1, 0.15) is 17.3 Å². The van der Waals surface area contributed by atoms with Crippen molar-refractivity contribution in [3.63, 3.8) is 0 Å². The van der Waals surface area contributed by atoms with Crippen LogP contribution >= 0.6 is 15.9 Å². The first kappa shape index (κ1) is 11.3. The highest BCUT2D eigenvalue weighted by molar-refractivity contribution is 9.10. The van der Waals surface area contributed by atoms with Crippen LogP contribution in [-0.4, -0.2) is 10.1 Å². The Balaban J connectivity index is 1.87. The molecule has 1 aromatic carbocycles. The number of hydrogen-bond acceptors (Lipinski definition) is 4. The number of rotatable bonds is 4. The van der Waals surface area contributed by atoms with Crippen molar-refractivity contribution in [2.24, 2.45) is 0 Å². The van der Waals surface area contributed by atoms with Crippen molar-refractivity contribution >= 4 is 15.9 Å². The van der Waals surface area contributed by atoms with E-state index >= 15 is 0 Å². The van der Waals surface area contributed by atoms with Gasteiger partial charge in [-0.2, -0.15) is 4.98 Å². The molecule has 0 unspecified atom stereocenters. The number of aromatic nitrogens is 2. The third-order valence-electron chi connectivity index (χ3n) is 2.12. The number of benzene rings is 1. The van der Waals surface area contributed by atoms with Gasteiger partial charge in [0.15, 0.2) is 5.82 Å². The molecular weight excluding hydrogens is 270 g/mol. The van der Waals surface area contributed by atoms with Crippen molar-refractivity contribution in [1.29, 1.82) is 0 Å². The summed E-state index contributed by atoms with van der Waals surface area (Å²) in [4.78, 5) is 4.11. The quantitative estimate of drug-likeness (QED) is 0.935. The molecule has 2 aromatic rings. The molecule has 0 saturated heterocycles. The van der Waals surface area contributed by atoms with E-state index < -0.39 is 0 Å². The minimum absolute atomic E-state index is 0.585. The molecule has 84 valence electrons. The molecule has 0 aliphatic carbocycles. The van der Waals surface area contributed by atoms with E-state index in [9.17, 15) is 0 Å². The lowest BCUT2D eigenvalue weighted by Gasteiger charge is -2.04. The summed E-state index contributed by atoms with van der Waals surface area (Å²) in [5.74, 6) is 1.28. The highest BCUT2D eigenvalue weighted by atomic mass is 79.9. The van der Waals surface area contributed by atoms with E-state index in [-0.39, 0.29) is 0 Å². The van der Waals surface area contributed by atoms with Crippen molar-refractivity contribution < 1.29 is 4.52 Å². The predicted octanol–water partition coefficient (Wildman–Crippen LogP) is 2.43. The Labute approximate surface area is 102 Å². The summed E-state index contributed by atoms with van der Waals surface area (Å²) in [6.07, 6.45) is 0. The van der Waals surface area contributed by atoms with Crippen molar-refractivity contribution in [2.75, 3.05) is 0 Å². The topological polar surface area (TPSA) is 51.0 Å². The normalized spacial score (nSPS) is 10.6. The average Bonchev–Trinajstić information content (AvgIpc) is 2.67. The summed E-state index contributed by atoms with van der Waals surface area (Å²) >= 11 is 3.50. The van der Waals surface area contributed by atoms with Gasteiger partial charge < -0.3 is 9.84 Å². The molecule has 0 radical (unpaired) electrons. The summed E-state index contributed by atoms with van der Waals surface area (Å²) in [7, 11) is 0. The molecule has 0 fully saturated rings. The van der Waals surface area contributed by atoms with Crippen LogP contribution in [-0.2, 0) is 13.1 Å². The molecule has 0 aliphatic rings. The average molecular weight is 282 g/mol. The second kappa shape index (κ2) is 5.23. The van der Waals surface area contributed by atoms with E-state index in [1.807, 2.05) is 18.2 Å². The van der Waals surface area contributed by atoms with Gasteiger partial charge in [0.25, 0.3) is 0 Å². The molecule has 0 spiro atoms. The Bertz CT molecular complexity index is 470. The largest absolute Gasteiger partial charge is 0.338 e. The van der Waals surface area contributed by atoms with E-state index in [4.69, 9.17) is 4.52 Å². The fourth-order valence-corrected chi connectivity index (χ4v) is 1.78. The van der Waals surface area contributed by atoms with Crippen LogP contribution < -0.4 is 5.32 Å². The molecular formula is C11H12BrN3O. The first-order chi connectivity index (χ1) is 7.75. The van der Waals surface area contributed by atoms with Gasteiger partial charge >= 0.3 is 0 Å². The van der Waals surface area contributed by atoms with Crippen LogP contribution in [0, 0.1) is 6.92 Å². The lowest BCUT2D eigenvalue weighted by atomic mass is 10.2. The maximum absolute atomic E-state index is 5.00. The fourth-order valence-electron chi connectivity index (χ4n) is 1.36. The Kier molecular flexibility index (Phi) is 3.69. The van der Waals surface area contributed by atoms with E-state index in [0.29, 0.717) is 18.3 Å². The molecule has 5 heteroatoms. The lowest BCUT2D eigenvalue weighted by molar-refractivity contribution is 0.364. The van der Waals surface area contributed by atoms with E-state index in [0.717, 1.165) is 11.0 Å². The van der Waals surface area contributed by atoms with Crippen molar-refractivity contribution in [1.82, 2.24) is 15.5 Å². The molecule has 0 amide bonds. The molecule has 0 atom stereocenters. The van der Waals surface area contributed by atoms with Crippen molar-refractivity contribution in [2.45, 2.75) is 20.0 Å². The Hall–Kier alpha value is -1.20. The molecule has 0 bridgehead atoms. The van der Waals surface area contributed by atoms with Gasteiger partial charge in [-0.15, -0.1) is 0 Å². The van der Waals surface area contributed by atoms with Crippen LogP contribution in [0.4, 0.5) is 0 Å². The van der Waals surface area contributed by atoms with Crippen LogP contribution in [0.5, 0.6) is 0 Å². The molecule has 0 saturated carbocycles. The minimum Gasteiger partial charge on any atom is -0.338 e. The predicted molar refractivity (Wildman–Crippen MR) is 63.7 cm³/mol. The number of hydrogen-bond donors (Lipinski definition) is 1. The summed E-state index contributed by atoms with van der Waals surface area (Å²) < 4.78 is 6.10. The fraction of sp³-hybridized carbons (Fsp3) is 0.273. The molecule has 1 N–H and O–H groups in total. The summed E-state index contributed by atoms with van der Waals surface area (Å²) in [6.45, 7) is 3.16. The van der Waals surface area contributed by atoms with Gasteiger partial charge in [0.05, 0.1) is 6.54 Å². The zero-order valence-corrected chi connectivity index (χ0v) is 10.5. The number of aryl methyl sites for hydroxylation is 1. The third kappa shape index (κ3) is 2.90. The van der Waals surface area contributed by atoms with Gasteiger partial charge in [-0.05, 0) is 18.6 Å². The Morgan fingerprint density at radius 2 is 2.12 bits per heavy atom. The molecule has 4 nitrogen and oxygen atoms in total. The van der Waals surface area contributed by atoms with Crippen molar-refractivity contribution in [3.8, 4) is 0 Å². The molecule has 0 aliphatic heterocycles. The van der Waals surface area contributed by atoms with Crippen LogP contribution in [0.15, 0.2) is 33.3 Å². The molecule has 2 rings (SSSR count). The number of halogens is 1. The minimum atomic E-state index is 0.585. The van der Waals surface area contributed by atoms with Gasteiger partial charge in [-0.3, -0.25) is 0 Å². The lowest BCUT2D eigenvalue weighted by Crippen LogP contribution is -2.13. The Morgan fingerprint density at radius 3 is 2.81 bits per heavy atom.